The van der Waals surface area contributed by atoms with Gasteiger partial charge >= 0.3 is 0 Å². The summed E-state index contributed by atoms with van der Waals surface area (Å²) in [4.78, 5) is 2.39. The predicted octanol–water partition coefficient (Wildman–Crippen LogP) is 16.1. The molecule has 60 heavy (non-hydrogen) atoms. The van der Waals surface area contributed by atoms with E-state index in [-0.39, 0.29) is 5.41 Å². The van der Waals surface area contributed by atoms with E-state index in [4.69, 9.17) is 9.15 Å². The van der Waals surface area contributed by atoms with Crippen LogP contribution in [0.4, 0.5) is 17.1 Å². The third-order valence-corrected chi connectivity index (χ3v) is 12.7. The van der Waals surface area contributed by atoms with Gasteiger partial charge in [-0.25, -0.2) is 0 Å². The maximum absolute atomic E-state index is 6.91. The van der Waals surface area contributed by atoms with Crippen LogP contribution in [0.1, 0.15) is 25.0 Å². The number of hydrogen-bond acceptors (Lipinski definition) is 3. The van der Waals surface area contributed by atoms with Gasteiger partial charge in [-0.2, -0.15) is 0 Å². The molecule has 0 saturated carbocycles. The van der Waals surface area contributed by atoms with E-state index < -0.39 is 0 Å². The minimum absolute atomic E-state index is 0.147. The normalized spacial score (nSPS) is 13.1. The van der Waals surface area contributed by atoms with Crippen molar-refractivity contribution in [3.63, 3.8) is 0 Å². The molecule has 0 unspecified atom stereocenters. The molecule has 1 aromatic heterocycles. The molecule has 12 rings (SSSR count). The molecule has 10 aromatic rings. The maximum Gasteiger partial charge on any atom is 0.143 e. The van der Waals surface area contributed by atoms with Gasteiger partial charge in [-0.3, -0.25) is 0 Å². The first-order valence-corrected chi connectivity index (χ1v) is 20.7. The summed E-state index contributed by atoms with van der Waals surface area (Å²) in [6.07, 6.45) is 0. The van der Waals surface area contributed by atoms with Gasteiger partial charge in [-0.05, 0) is 105 Å². The molecule has 0 saturated heterocycles. The number of nitrogens with zero attached hydrogens (tertiary/aromatic N) is 1. The lowest BCUT2D eigenvalue weighted by molar-refractivity contribution is 0.488. The molecular formula is C57H39NO2. The van der Waals surface area contributed by atoms with E-state index in [0.717, 1.165) is 95.0 Å². The van der Waals surface area contributed by atoms with E-state index in [2.05, 4.69) is 207 Å². The zero-order valence-electron chi connectivity index (χ0n) is 33.3. The Hall–Kier alpha value is -7.62. The smallest absolute Gasteiger partial charge is 0.143 e. The lowest BCUT2D eigenvalue weighted by Crippen LogP contribution is -2.16. The fraction of sp³-hybridized carbons (Fsp3) is 0.0526. The number of hydrogen-bond donors (Lipinski definition) is 0. The minimum Gasteiger partial charge on any atom is -0.456 e. The summed E-state index contributed by atoms with van der Waals surface area (Å²) in [5.41, 5.74) is 19.1. The highest BCUT2D eigenvalue weighted by molar-refractivity contribution is 6.09. The molecule has 0 fully saturated rings. The van der Waals surface area contributed by atoms with Crippen molar-refractivity contribution >= 4 is 39.0 Å². The Morgan fingerprint density at radius 3 is 1.87 bits per heavy atom. The van der Waals surface area contributed by atoms with Gasteiger partial charge in [0, 0.05) is 49.9 Å². The zero-order chi connectivity index (χ0) is 40.0. The van der Waals surface area contributed by atoms with E-state index >= 15 is 0 Å². The summed E-state index contributed by atoms with van der Waals surface area (Å²) in [6, 6.07) is 71.8. The molecular weight excluding hydrogens is 731 g/mol. The van der Waals surface area contributed by atoms with E-state index in [1.54, 1.807) is 0 Å². The summed E-state index contributed by atoms with van der Waals surface area (Å²) in [5.74, 6) is 1.68. The molecule has 2 aliphatic rings. The first kappa shape index (κ1) is 34.4. The van der Waals surface area contributed by atoms with Gasteiger partial charge in [-0.15, -0.1) is 0 Å². The second-order valence-electron chi connectivity index (χ2n) is 16.4. The summed E-state index contributed by atoms with van der Waals surface area (Å²) < 4.78 is 13.4. The van der Waals surface area contributed by atoms with Gasteiger partial charge in [0.15, 0.2) is 0 Å². The van der Waals surface area contributed by atoms with Crippen molar-refractivity contribution in [3.8, 4) is 67.1 Å². The van der Waals surface area contributed by atoms with Crippen molar-refractivity contribution in [1.82, 2.24) is 0 Å². The van der Waals surface area contributed by atoms with E-state index in [1.807, 2.05) is 12.1 Å². The van der Waals surface area contributed by atoms with Gasteiger partial charge in [0.25, 0.3) is 0 Å². The quantitative estimate of drug-likeness (QED) is 0.174. The summed E-state index contributed by atoms with van der Waals surface area (Å²) >= 11 is 0. The molecule has 0 amide bonds. The number of benzene rings is 9. The van der Waals surface area contributed by atoms with Gasteiger partial charge in [0.2, 0.25) is 0 Å². The molecule has 1 aliphatic carbocycles. The largest absolute Gasteiger partial charge is 0.456 e. The zero-order valence-corrected chi connectivity index (χ0v) is 33.3. The van der Waals surface area contributed by atoms with Crippen LogP contribution in [0.2, 0.25) is 0 Å². The predicted molar refractivity (Wildman–Crippen MR) is 248 cm³/mol. The van der Waals surface area contributed by atoms with Crippen LogP contribution in [0.15, 0.2) is 205 Å². The number of fused-ring (bicyclic) bond motifs is 11. The van der Waals surface area contributed by atoms with Crippen LogP contribution in [0.25, 0.3) is 77.6 Å². The van der Waals surface area contributed by atoms with Crippen molar-refractivity contribution < 1.29 is 9.15 Å². The average Bonchev–Trinajstić information content (AvgIpc) is 3.74. The third kappa shape index (κ3) is 5.22. The molecule has 0 radical (unpaired) electrons. The fourth-order valence-corrected chi connectivity index (χ4v) is 9.81. The van der Waals surface area contributed by atoms with Gasteiger partial charge in [0.05, 0.1) is 0 Å². The average molecular weight is 770 g/mol. The van der Waals surface area contributed by atoms with Gasteiger partial charge < -0.3 is 14.1 Å². The van der Waals surface area contributed by atoms with E-state index in [0.29, 0.717) is 0 Å². The van der Waals surface area contributed by atoms with Gasteiger partial charge in [-0.1, -0.05) is 159 Å². The van der Waals surface area contributed by atoms with Gasteiger partial charge in [0.1, 0.15) is 22.7 Å². The lowest BCUT2D eigenvalue weighted by atomic mass is 9.82. The van der Waals surface area contributed by atoms with Crippen LogP contribution < -0.4 is 9.64 Å². The van der Waals surface area contributed by atoms with Crippen LogP contribution in [0.5, 0.6) is 11.5 Å². The Morgan fingerprint density at radius 1 is 0.383 bits per heavy atom. The minimum atomic E-state index is -0.147. The molecule has 284 valence electrons. The highest BCUT2D eigenvalue weighted by atomic mass is 16.5. The molecule has 0 spiro atoms. The summed E-state index contributed by atoms with van der Waals surface area (Å²) in [5, 5.41) is 2.26. The van der Waals surface area contributed by atoms with Crippen molar-refractivity contribution in [2.45, 2.75) is 19.3 Å². The molecule has 3 heteroatoms. The van der Waals surface area contributed by atoms with Crippen LogP contribution in [0, 0.1) is 0 Å². The highest BCUT2D eigenvalue weighted by Crippen LogP contribution is 2.53. The Kier molecular flexibility index (Phi) is 7.58. The monoisotopic (exact) mass is 769 g/mol. The molecule has 0 bridgehead atoms. The van der Waals surface area contributed by atoms with Crippen LogP contribution in [-0.2, 0) is 5.41 Å². The second-order valence-corrected chi connectivity index (χ2v) is 16.4. The number of para-hydroxylation sites is 2. The topological polar surface area (TPSA) is 25.6 Å². The van der Waals surface area contributed by atoms with Crippen molar-refractivity contribution in [2.75, 3.05) is 4.90 Å². The van der Waals surface area contributed by atoms with E-state index in [1.165, 1.54) is 22.3 Å². The number of rotatable bonds is 5. The molecule has 0 N–H and O–H groups in total. The van der Waals surface area contributed by atoms with Crippen molar-refractivity contribution in [2.24, 2.45) is 0 Å². The maximum atomic E-state index is 6.91. The number of furan rings is 1. The Morgan fingerprint density at radius 2 is 1.00 bits per heavy atom. The van der Waals surface area contributed by atoms with Crippen LogP contribution >= 0.6 is 0 Å². The summed E-state index contributed by atoms with van der Waals surface area (Å²) in [6.45, 7) is 4.69. The van der Waals surface area contributed by atoms with Crippen molar-refractivity contribution in [3.05, 3.63) is 211 Å². The molecule has 9 aromatic carbocycles. The van der Waals surface area contributed by atoms with Crippen molar-refractivity contribution in [1.29, 1.82) is 0 Å². The summed E-state index contributed by atoms with van der Waals surface area (Å²) in [7, 11) is 0. The number of ether oxygens (including phenoxy) is 1. The lowest BCUT2D eigenvalue weighted by Gasteiger charge is -2.29. The first-order valence-electron chi connectivity index (χ1n) is 20.7. The second kappa shape index (κ2) is 13.2. The molecule has 0 atom stereocenters. The standard InChI is InChI=1S/C57H39NO2/c1-57(2)50-23-10-8-17-44(50)45-32-30-40(35-51(45)57)58(38-28-26-37(27-29-38)42-21-12-22-48-46-18-9-11-24-52(46)60-56(42)48)39-31-33-53-49(34-39)43-16-6-7-19-47(43)55-41(20-13-25-54(55)59-53)36-14-4-3-5-15-36/h3-35H,1-2H3. The van der Waals surface area contributed by atoms with Crippen LogP contribution in [0.3, 0.4) is 0 Å². The van der Waals surface area contributed by atoms with E-state index in [9.17, 15) is 0 Å². The Labute approximate surface area is 349 Å². The Balaban J connectivity index is 1.03. The van der Waals surface area contributed by atoms with Crippen LogP contribution in [-0.4, -0.2) is 0 Å². The molecule has 2 heterocycles. The highest BCUT2D eigenvalue weighted by Gasteiger charge is 2.36. The first-order chi connectivity index (χ1) is 29.5. The Bertz CT molecular complexity index is 3320. The molecule has 3 nitrogen and oxygen atoms in total. The molecule has 1 aliphatic heterocycles. The number of anilines is 3. The third-order valence-electron chi connectivity index (χ3n) is 12.7. The SMILES string of the molecule is CC1(C)c2ccccc2-c2ccc(N(c3ccc(-c4cccc5c4oc4ccccc45)cc3)c3ccc4c(c3)-c3ccccc3-c3c(cccc3-c3ccccc3)O4)cc21. The fourth-order valence-electron chi connectivity index (χ4n) is 9.81.